The minimum absolute atomic E-state index is 0.0255. The number of nitrogens with one attached hydrogen (secondary N) is 2. The van der Waals surface area contributed by atoms with E-state index in [4.69, 9.17) is 9.57 Å². The van der Waals surface area contributed by atoms with Crippen LogP contribution in [0, 0.1) is 35.4 Å². The summed E-state index contributed by atoms with van der Waals surface area (Å²) in [5.41, 5.74) is 1.14. The van der Waals surface area contributed by atoms with Crippen LogP contribution in [0.1, 0.15) is 66.4 Å². The Morgan fingerprint density at radius 2 is 1.83 bits per heavy atom. The van der Waals surface area contributed by atoms with Crippen LogP contribution in [0.5, 0.6) is 5.75 Å². The molecule has 7 atom stereocenters. The van der Waals surface area contributed by atoms with Gasteiger partial charge in [-0.15, -0.1) is 0 Å². The molecule has 7 rings (SSSR count). The monoisotopic (exact) mass is 643 g/mol. The third-order valence-corrected chi connectivity index (χ3v) is 10.2. The summed E-state index contributed by atoms with van der Waals surface area (Å²) in [5.74, 6) is -1.92. The summed E-state index contributed by atoms with van der Waals surface area (Å²) in [6, 6.07) is 7.09. The van der Waals surface area contributed by atoms with Crippen LogP contribution in [-0.2, 0) is 15.8 Å². The number of hydrogen-bond acceptors (Lipinski definition) is 5. The van der Waals surface area contributed by atoms with E-state index in [1.165, 1.54) is 12.7 Å². The van der Waals surface area contributed by atoms with E-state index in [1.807, 2.05) is 0 Å². The van der Waals surface area contributed by atoms with Gasteiger partial charge in [-0.05, 0) is 86.3 Å². The van der Waals surface area contributed by atoms with Crippen molar-refractivity contribution in [3.8, 4) is 5.75 Å². The minimum Gasteiger partial charge on any atom is -0.496 e. The Labute approximate surface area is 262 Å². The van der Waals surface area contributed by atoms with Crippen LogP contribution in [0.2, 0.25) is 0 Å². The molecule has 0 spiro atoms. The first kappa shape index (κ1) is 30.7. The molecule has 2 aromatic carbocycles. The van der Waals surface area contributed by atoms with E-state index < -0.39 is 41.6 Å². The number of anilines is 1. The Morgan fingerprint density at radius 3 is 2.57 bits per heavy atom. The van der Waals surface area contributed by atoms with E-state index in [0.717, 1.165) is 31.7 Å². The standard InChI is InChI=1S/C34H34F5N3O4/c1-45-28-9-4-17(31-24-12-18(35)13-29(24)46-42-31)11-25(28)33(44)41-32-21-7-6-20(22(21)10-16-2-3-16)23(32)15-30(43)40-19-5-8-27(36)26(14-19)34(37,38)39/h4-5,8-11,14,16,18,20-21,23-24,29,32H,2-3,6-7,12-13,15H2,1H3,(H,40,43)(H,41,44)/b22-10-/t18?,20-,21+,23-,24?,29?,32-/m0/s1. The summed E-state index contributed by atoms with van der Waals surface area (Å²) in [6.07, 6.45) is 0.516. The number of oxime groups is 1. The topological polar surface area (TPSA) is 89.0 Å². The fraction of sp³-hybridized carbons (Fsp3) is 0.500. The van der Waals surface area contributed by atoms with E-state index in [0.29, 0.717) is 41.5 Å². The number of methoxy groups -OCH3 is 1. The second kappa shape index (κ2) is 11.7. The average molecular weight is 644 g/mol. The number of hydrogen-bond donors (Lipinski definition) is 2. The molecule has 1 aliphatic heterocycles. The van der Waals surface area contributed by atoms with Crippen LogP contribution in [0.4, 0.5) is 27.6 Å². The van der Waals surface area contributed by atoms with Gasteiger partial charge in [0, 0.05) is 42.0 Å². The highest BCUT2D eigenvalue weighted by atomic mass is 19.4. The molecular weight excluding hydrogens is 609 g/mol. The molecule has 2 bridgehead atoms. The van der Waals surface area contributed by atoms with E-state index in [1.54, 1.807) is 18.2 Å². The summed E-state index contributed by atoms with van der Waals surface area (Å²) in [5, 5.41) is 9.90. The van der Waals surface area contributed by atoms with Gasteiger partial charge in [-0.25, -0.2) is 8.78 Å². The lowest BCUT2D eigenvalue weighted by Gasteiger charge is -2.31. The van der Waals surface area contributed by atoms with Gasteiger partial charge in [0.2, 0.25) is 5.91 Å². The summed E-state index contributed by atoms with van der Waals surface area (Å²) < 4.78 is 73.2. The van der Waals surface area contributed by atoms with Gasteiger partial charge in [0.05, 0.1) is 23.9 Å². The Bertz CT molecular complexity index is 1620. The molecule has 1 heterocycles. The fourth-order valence-electron chi connectivity index (χ4n) is 7.95. The molecule has 0 radical (unpaired) electrons. The van der Waals surface area contributed by atoms with Gasteiger partial charge in [-0.2, -0.15) is 13.2 Å². The highest BCUT2D eigenvalue weighted by Crippen LogP contribution is 2.55. The first-order chi connectivity index (χ1) is 22.0. The number of fused-ring (bicyclic) bond motifs is 3. The molecule has 0 saturated heterocycles. The van der Waals surface area contributed by atoms with Crippen LogP contribution in [0.15, 0.2) is 53.2 Å². The molecule has 2 amide bonds. The van der Waals surface area contributed by atoms with Crippen molar-refractivity contribution in [3.05, 3.63) is 70.6 Å². The van der Waals surface area contributed by atoms with Crippen molar-refractivity contribution in [1.82, 2.24) is 5.32 Å². The molecule has 2 aromatic rings. The van der Waals surface area contributed by atoms with Crippen LogP contribution in [0.3, 0.4) is 0 Å². The van der Waals surface area contributed by atoms with Crippen molar-refractivity contribution in [2.45, 2.75) is 69.4 Å². The van der Waals surface area contributed by atoms with E-state index in [2.05, 4.69) is 21.9 Å². The summed E-state index contributed by atoms with van der Waals surface area (Å²) in [6.45, 7) is 0. The van der Waals surface area contributed by atoms with Crippen molar-refractivity contribution in [3.63, 3.8) is 0 Å². The van der Waals surface area contributed by atoms with E-state index in [-0.39, 0.29) is 53.9 Å². The highest BCUT2D eigenvalue weighted by molar-refractivity contribution is 6.06. The molecule has 4 fully saturated rings. The molecule has 3 unspecified atom stereocenters. The molecule has 244 valence electrons. The zero-order chi connectivity index (χ0) is 32.3. The molecule has 7 nitrogen and oxygen atoms in total. The lowest BCUT2D eigenvalue weighted by Crippen LogP contribution is -2.45. The second-order valence-electron chi connectivity index (χ2n) is 13.1. The average Bonchev–Trinajstić information content (AvgIpc) is 3.31. The number of halogens is 5. The van der Waals surface area contributed by atoms with E-state index in [9.17, 15) is 31.5 Å². The molecule has 46 heavy (non-hydrogen) atoms. The first-order valence-electron chi connectivity index (χ1n) is 15.8. The van der Waals surface area contributed by atoms with Gasteiger partial charge in [-0.3, -0.25) is 9.59 Å². The maximum absolute atomic E-state index is 14.1. The zero-order valence-corrected chi connectivity index (χ0v) is 25.1. The molecule has 12 heteroatoms. The number of allylic oxidation sites excluding steroid dienone is 1. The number of rotatable bonds is 8. The van der Waals surface area contributed by atoms with Crippen LogP contribution >= 0.6 is 0 Å². The summed E-state index contributed by atoms with van der Waals surface area (Å²) in [4.78, 5) is 32.7. The van der Waals surface area contributed by atoms with Crippen molar-refractivity contribution in [1.29, 1.82) is 0 Å². The lowest BCUT2D eigenvalue weighted by molar-refractivity contribution is -0.140. The molecule has 2 N–H and O–H groups in total. The normalized spacial score (nSPS) is 30.6. The summed E-state index contributed by atoms with van der Waals surface area (Å²) >= 11 is 0. The third-order valence-electron chi connectivity index (χ3n) is 10.2. The van der Waals surface area contributed by atoms with Crippen molar-refractivity contribution in [2.75, 3.05) is 12.4 Å². The number of carbonyl (C=O) groups is 2. The molecule has 5 aliphatic rings. The van der Waals surface area contributed by atoms with Gasteiger partial charge in [0.15, 0.2) is 0 Å². The smallest absolute Gasteiger partial charge is 0.419 e. The number of benzene rings is 2. The number of amides is 2. The van der Waals surface area contributed by atoms with Crippen molar-refractivity contribution >= 4 is 23.2 Å². The zero-order valence-electron chi connectivity index (χ0n) is 25.1. The molecular formula is C34H34F5N3O4. The van der Waals surface area contributed by atoms with Crippen LogP contribution < -0.4 is 15.4 Å². The Kier molecular flexibility index (Phi) is 7.79. The van der Waals surface area contributed by atoms with Crippen LogP contribution in [-0.4, -0.2) is 43.0 Å². The SMILES string of the molecule is COc1ccc(C2=NOC3CC(F)CC23)cc1C(=O)N[C@@H]1[C@@H](CC(=O)Nc2ccc(F)c(C(F)(F)F)c2)[C@H]2CC[C@@H]1/C2=C\C1CC1. The molecule has 0 aromatic heterocycles. The number of ether oxygens (including phenoxy) is 1. The van der Waals surface area contributed by atoms with Crippen molar-refractivity contribution in [2.24, 2.45) is 34.7 Å². The molecule has 4 aliphatic carbocycles. The first-order valence-corrected chi connectivity index (χ1v) is 15.8. The second-order valence-corrected chi connectivity index (χ2v) is 13.1. The van der Waals surface area contributed by atoms with Gasteiger partial charge < -0.3 is 20.2 Å². The molecule has 4 saturated carbocycles. The lowest BCUT2D eigenvalue weighted by atomic mass is 9.81. The minimum atomic E-state index is -4.91. The third kappa shape index (κ3) is 5.75. The Hall–Kier alpha value is -3.96. The van der Waals surface area contributed by atoms with Gasteiger partial charge in [-0.1, -0.05) is 16.8 Å². The number of alkyl halides is 4. The quantitative estimate of drug-likeness (QED) is 0.244. The predicted molar refractivity (Wildman–Crippen MR) is 158 cm³/mol. The van der Waals surface area contributed by atoms with Gasteiger partial charge >= 0.3 is 6.18 Å². The fourth-order valence-corrected chi connectivity index (χ4v) is 7.95. The number of carbonyl (C=O) groups excluding carboxylic acids is 2. The van der Waals surface area contributed by atoms with E-state index >= 15 is 0 Å². The largest absolute Gasteiger partial charge is 0.496 e. The Balaban J connectivity index is 1.13. The maximum atomic E-state index is 14.1. The predicted octanol–water partition coefficient (Wildman–Crippen LogP) is 6.82. The maximum Gasteiger partial charge on any atom is 0.419 e. The van der Waals surface area contributed by atoms with Gasteiger partial charge in [0.25, 0.3) is 5.91 Å². The highest BCUT2D eigenvalue weighted by Gasteiger charge is 2.52. The number of nitrogens with zero attached hydrogens (tertiary/aromatic N) is 1. The summed E-state index contributed by atoms with van der Waals surface area (Å²) in [7, 11) is 1.46. The van der Waals surface area contributed by atoms with Crippen LogP contribution in [0.25, 0.3) is 0 Å². The van der Waals surface area contributed by atoms with Gasteiger partial charge in [0.1, 0.15) is 23.8 Å². The Morgan fingerprint density at radius 1 is 1.04 bits per heavy atom. The van der Waals surface area contributed by atoms with Crippen molar-refractivity contribution < 1.29 is 41.1 Å².